The van der Waals surface area contributed by atoms with E-state index in [4.69, 9.17) is 5.73 Å². The summed E-state index contributed by atoms with van der Waals surface area (Å²) in [4.78, 5) is 30.1. The molecule has 2 unspecified atom stereocenters. The highest BCUT2D eigenvalue weighted by atomic mass is 35.5. The van der Waals surface area contributed by atoms with Gasteiger partial charge in [0, 0.05) is 45.3 Å². The molecular formula is C15H32Cl2N4O2. The number of carbonyl (C=O) groups is 2. The largest absolute Gasteiger partial charge is 0.342 e. The molecule has 1 aliphatic heterocycles. The van der Waals surface area contributed by atoms with E-state index in [1.165, 1.54) is 0 Å². The van der Waals surface area contributed by atoms with Gasteiger partial charge in [0.05, 0.1) is 12.5 Å². The van der Waals surface area contributed by atoms with Crippen molar-refractivity contribution in [3.63, 3.8) is 0 Å². The topological polar surface area (TPSA) is 69.9 Å². The van der Waals surface area contributed by atoms with Gasteiger partial charge < -0.3 is 15.5 Å². The van der Waals surface area contributed by atoms with Gasteiger partial charge in [-0.1, -0.05) is 6.92 Å². The van der Waals surface area contributed by atoms with Gasteiger partial charge in [-0.2, -0.15) is 0 Å². The molecule has 1 heterocycles. The Labute approximate surface area is 152 Å². The number of piperazine rings is 1. The maximum absolute atomic E-state index is 12.2. The second kappa shape index (κ2) is 11.9. The van der Waals surface area contributed by atoms with E-state index in [1.807, 2.05) is 37.5 Å². The smallest absolute Gasteiger partial charge is 0.236 e. The fourth-order valence-electron chi connectivity index (χ4n) is 2.51. The maximum Gasteiger partial charge on any atom is 0.236 e. The first kappa shape index (κ1) is 24.7. The standard InChI is InChI=1S/C15H30N4O2.2ClH/c1-5-18(6-2)14(20)11-17-7-9-19(10-8-17)15(21)12(3)13(4)16;;/h12-13H,5-11,16H2,1-4H3;2*1H. The zero-order chi connectivity index (χ0) is 16.0. The number of likely N-dealkylation sites (N-methyl/N-ethyl adjacent to an activating group) is 1. The van der Waals surface area contributed by atoms with Crippen molar-refractivity contribution in [3.05, 3.63) is 0 Å². The lowest BCUT2D eigenvalue weighted by molar-refractivity contribution is -0.138. The van der Waals surface area contributed by atoms with Gasteiger partial charge in [-0.3, -0.25) is 14.5 Å². The summed E-state index contributed by atoms with van der Waals surface area (Å²) in [5, 5.41) is 0. The monoisotopic (exact) mass is 370 g/mol. The number of rotatable bonds is 6. The SMILES string of the molecule is CCN(CC)C(=O)CN1CCN(C(=O)C(C)C(C)N)CC1.Cl.Cl. The molecule has 1 aliphatic rings. The van der Waals surface area contributed by atoms with Gasteiger partial charge in [-0.05, 0) is 20.8 Å². The molecule has 1 rings (SSSR count). The number of carbonyl (C=O) groups excluding carboxylic acids is 2. The zero-order valence-corrected chi connectivity index (χ0v) is 16.3. The molecule has 0 spiro atoms. The Balaban J connectivity index is 0. The van der Waals surface area contributed by atoms with Crippen molar-refractivity contribution in [1.29, 1.82) is 0 Å². The van der Waals surface area contributed by atoms with Crippen LogP contribution in [-0.4, -0.2) is 78.4 Å². The molecule has 2 amide bonds. The van der Waals surface area contributed by atoms with E-state index in [-0.39, 0.29) is 48.6 Å². The Bertz CT molecular complexity index is 357. The highest BCUT2D eigenvalue weighted by Crippen LogP contribution is 2.10. The van der Waals surface area contributed by atoms with E-state index in [0.29, 0.717) is 19.6 Å². The van der Waals surface area contributed by atoms with Gasteiger partial charge in [0.1, 0.15) is 0 Å². The van der Waals surface area contributed by atoms with Crippen LogP contribution in [-0.2, 0) is 9.59 Å². The van der Waals surface area contributed by atoms with Crippen molar-refractivity contribution in [3.8, 4) is 0 Å². The van der Waals surface area contributed by atoms with Gasteiger partial charge in [0.2, 0.25) is 11.8 Å². The molecule has 0 aromatic heterocycles. The molecule has 0 radical (unpaired) electrons. The summed E-state index contributed by atoms with van der Waals surface area (Å²) in [6.45, 7) is 12.6. The number of hydrogen-bond donors (Lipinski definition) is 1. The average Bonchev–Trinajstić information content (AvgIpc) is 2.47. The van der Waals surface area contributed by atoms with Crippen LogP contribution in [0, 0.1) is 5.92 Å². The first-order chi connectivity index (χ1) is 9.90. The Morgan fingerprint density at radius 3 is 1.91 bits per heavy atom. The Morgan fingerprint density at radius 2 is 1.52 bits per heavy atom. The van der Waals surface area contributed by atoms with Gasteiger partial charge in [0.15, 0.2) is 0 Å². The lowest BCUT2D eigenvalue weighted by Crippen LogP contribution is -2.53. The van der Waals surface area contributed by atoms with Crippen LogP contribution in [0.2, 0.25) is 0 Å². The zero-order valence-electron chi connectivity index (χ0n) is 14.7. The molecule has 23 heavy (non-hydrogen) atoms. The van der Waals surface area contributed by atoms with Crippen LogP contribution in [0.25, 0.3) is 0 Å². The van der Waals surface area contributed by atoms with Crippen LogP contribution in [0.15, 0.2) is 0 Å². The van der Waals surface area contributed by atoms with Crippen LogP contribution in [0.4, 0.5) is 0 Å². The summed E-state index contributed by atoms with van der Waals surface area (Å²) < 4.78 is 0. The number of nitrogens with zero attached hydrogens (tertiary/aromatic N) is 3. The minimum Gasteiger partial charge on any atom is -0.342 e. The average molecular weight is 371 g/mol. The van der Waals surface area contributed by atoms with Crippen LogP contribution in [0.3, 0.4) is 0 Å². The van der Waals surface area contributed by atoms with Crippen molar-refractivity contribution in [2.45, 2.75) is 33.7 Å². The normalized spacial score (nSPS) is 17.5. The second-order valence-corrected chi connectivity index (χ2v) is 5.82. The number of hydrogen-bond acceptors (Lipinski definition) is 4. The summed E-state index contributed by atoms with van der Waals surface area (Å²) in [5.74, 6) is 0.150. The van der Waals surface area contributed by atoms with E-state index in [9.17, 15) is 9.59 Å². The van der Waals surface area contributed by atoms with Gasteiger partial charge in [-0.15, -0.1) is 24.8 Å². The first-order valence-corrected chi connectivity index (χ1v) is 7.95. The lowest BCUT2D eigenvalue weighted by Gasteiger charge is -2.36. The lowest BCUT2D eigenvalue weighted by atomic mass is 10.0. The molecule has 6 nitrogen and oxygen atoms in total. The van der Waals surface area contributed by atoms with Crippen LogP contribution >= 0.6 is 24.8 Å². The molecule has 0 aromatic rings. The van der Waals surface area contributed by atoms with Crippen molar-refractivity contribution >= 4 is 36.6 Å². The molecule has 2 atom stereocenters. The third-order valence-electron chi connectivity index (χ3n) is 4.34. The molecule has 0 aliphatic carbocycles. The highest BCUT2D eigenvalue weighted by molar-refractivity contribution is 5.85. The van der Waals surface area contributed by atoms with Gasteiger partial charge >= 0.3 is 0 Å². The Kier molecular flexibility index (Phi) is 12.8. The summed E-state index contributed by atoms with van der Waals surface area (Å²) in [6.07, 6.45) is 0. The van der Waals surface area contributed by atoms with Crippen molar-refractivity contribution in [2.24, 2.45) is 11.7 Å². The van der Waals surface area contributed by atoms with Crippen LogP contribution < -0.4 is 5.73 Å². The van der Waals surface area contributed by atoms with Crippen molar-refractivity contribution < 1.29 is 9.59 Å². The van der Waals surface area contributed by atoms with Gasteiger partial charge in [0.25, 0.3) is 0 Å². The highest BCUT2D eigenvalue weighted by Gasteiger charge is 2.27. The van der Waals surface area contributed by atoms with Gasteiger partial charge in [-0.25, -0.2) is 0 Å². The van der Waals surface area contributed by atoms with Crippen LogP contribution in [0.1, 0.15) is 27.7 Å². The molecular weight excluding hydrogens is 339 g/mol. The molecule has 138 valence electrons. The second-order valence-electron chi connectivity index (χ2n) is 5.82. The van der Waals surface area contributed by atoms with E-state index in [0.717, 1.165) is 26.2 Å². The molecule has 1 saturated heterocycles. The van der Waals surface area contributed by atoms with Crippen LogP contribution in [0.5, 0.6) is 0 Å². The fourth-order valence-corrected chi connectivity index (χ4v) is 2.51. The molecule has 0 saturated carbocycles. The number of nitrogens with two attached hydrogens (primary N) is 1. The number of halogens is 2. The maximum atomic E-state index is 12.2. The quantitative estimate of drug-likeness (QED) is 0.751. The van der Waals surface area contributed by atoms with Crippen molar-refractivity contribution in [1.82, 2.24) is 14.7 Å². The summed E-state index contributed by atoms with van der Waals surface area (Å²) in [7, 11) is 0. The third-order valence-corrected chi connectivity index (χ3v) is 4.34. The van der Waals surface area contributed by atoms with E-state index < -0.39 is 0 Å². The molecule has 1 fully saturated rings. The van der Waals surface area contributed by atoms with Crippen molar-refractivity contribution in [2.75, 3.05) is 45.8 Å². The number of amides is 2. The molecule has 2 N–H and O–H groups in total. The minimum atomic E-state index is -0.145. The minimum absolute atomic E-state index is 0. The van der Waals surface area contributed by atoms with E-state index in [2.05, 4.69) is 4.90 Å². The predicted octanol–water partition coefficient (Wildman–Crippen LogP) is 0.826. The predicted molar refractivity (Wildman–Crippen MR) is 98.3 cm³/mol. The molecule has 0 bridgehead atoms. The van der Waals surface area contributed by atoms with E-state index >= 15 is 0 Å². The first-order valence-electron chi connectivity index (χ1n) is 7.95. The fraction of sp³-hybridized carbons (Fsp3) is 0.867. The molecule has 0 aromatic carbocycles. The Morgan fingerprint density at radius 1 is 1.04 bits per heavy atom. The third kappa shape index (κ3) is 7.25. The summed E-state index contributed by atoms with van der Waals surface area (Å²) in [6, 6.07) is -0.125. The molecule has 8 heteroatoms. The Hall–Kier alpha value is -0.560. The van der Waals surface area contributed by atoms with E-state index in [1.54, 1.807) is 0 Å². The summed E-state index contributed by atoms with van der Waals surface area (Å²) >= 11 is 0. The summed E-state index contributed by atoms with van der Waals surface area (Å²) in [5.41, 5.74) is 5.79.